The first kappa shape index (κ1) is 13.0. The van der Waals surface area contributed by atoms with Crippen molar-refractivity contribution in [1.29, 1.82) is 0 Å². The number of carbonyl (C=O) groups excluding carboxylic acids is 1. The van der Waals surface area contributed by atoms with Crippen molar-refractivity contribution in [2.75, 3.05) is 13.1 Å². The maximum absolute atomic E-state index is 11.8. The zero-order chi connectivity index (χ0) is 12.3. The number of carboxylic acid groups (broad SMARTS) is 1. The van der Waals surface area contributed by atoms with Crippen molar-refractivity contribution < 1.29 is 19.4 Å². The predicted octanol–water partition coefficient (Wildman–Crippen LogP) is 0.877. The third kappa shape index (κ3) is 3.81. The molecule has 0 saturated carbocycles. The monoisotopic (exact) mass is 229 g/mol. The molecule has 0 aromatic rings. The molecule has 0 aromatic heterocycles. The van der Waals surface area contributed by atoms with E-state index in [0.717, 1.165) is 6.42 Å². The van der Waals surface area contributed by atoms with Gasteiger partial charge in [-0.15, -0.1) is 0 Å². The molecule has 0 amide bonds. The Morgan fingerprint density at radius 1 is 1.44 bits per heavy atom. The first-order valence-electron chi connectivity index (χ1n) is 5.48. The van der Waals surface area contributed by atoms with Crippen LogP contribution >= 0.6 is 0 Å². The third-order valence-corrected chi connectivity index (χ3v) is 2.38. The predicted molar refractivity (Wildman–Crippen MR) is 58.1 cm³/mol. The van der Waals surface area contributed by atoms with Gasteiger partial charge in [0.05, 0.1) is 6.54 Å². The number of nitrogens with zero attached hydrogens (tertiary/aromatic N) is 1. The molecule has 1 fully saturated rings. The zero-order valence-corrected chi connectivity index (χ0v) is 10.0. The molecule has 1 rings (SSSR count). The highest BCUT2D eigenvalue weighted by Crippen LogP contribution is 2.20. The summed E-state index contributed by atoms with van der Waals surface area (Å²) >= 11 is 0. The molecule has 16 heavy (non-hydrogen) atoms. The number of likely N-dealkylation sites (tertiary alicyclic amines) is 1. The molecule has 0 aliphatic carbocycles. The fourth-order valence-corrected chi connectivity index (χ4v) is 1.83. The lowest BCUT2D eigenvalue weighted by molar-refractivity contribution is -0.160. The van der Waals surface area contributed by atoms with Gasteiger partial charge in [0.25, 0.3) is 0 Å². The standard InChI is InChI=1S/C11H19NO4/c1-11(2,3)16-10(15)8-5-4-6-12(8)7-9(13)14/h8H,4-7H2,1-3H3,(H,13,14)/t8-/m0/s1. The summed E-state index contributed by atoms with van der Waals surface area (Å²) in [6, 6.07) is -0.393. The second-order valence-corrected chi connectivity index (χ2v) is 5.06. The van der Waals surface area contributed by atoms with Crippen LogP contribution in [0.2, 0.25) is 0 Å². The van der Waals surface area contributed by atoms with E-state index < -0.39 is 17.6 Å². The first-order valence-corrected chi connectivity index (χ1v) is 5.48. The topological polar surface area (TPSA) is 66.8 Å². The molecular formula is C11H19NO4. The van der Waals surface area contributed by atoms with E-state index in [4.69, 9.17) is 9.84 Å². The fraction of sp³-hybridized carbons (Fsp3) is 0.818. The molecule has 1 N–H and O–H groups in total. The van der Waals surface area contributed by atoms with E-state index in [-0.39, 0.29) is 12.5 Å². The van der Waals surface area contributed by atoms with Gasteiger partial charge in [-0.2, -0.15) is 0 Å². The van der Waals surface area contributed by atoms with E-state index in [1.54, 1.807) is 25.7 Å². The normalized spacial score (nSPS) is 22.1. The van der Waals surface area contributed by atoms with Crippen LogP contribution in [0.1, 0.15) is 33.6 Å². The molecule has 1 heterocycles. The van der Waals surface area contributed by atoms with E-state index >= 15 is 0 Å². The number of carboxylic acids is 1. The lowest BCUT2D eigenvalue weighted by atomic mass is 10.1. The van der Waals surface area contributed by atoms with Crippen molar-refractivity contribution in [2.45, 2.75) is 45.3 Å². The van der Waals surface area contributed by atoms with E-state index in [1.807, 2.05) is 0 Å². The van der Waals surface area contributed by atoms with Crippen LogP contribution in [-0.4, -0.2) is 46.7 Å². The van der Waals surface area contributed by atoms with Crippen LogP contribution in [0.15, 0.2) is 0 Å². The van der Waals surface area contributed by atoms with Gasteiger partial charge in [0.15, 0.2) is 0 Å². The maximum atomic E-state index is 11.8. The summed E-state index contributed by atoms with van der Waals surface area (Å²) in [4.78, 5) is 24.1. The molecule has 1 aliphatic heterocycles. The average molecular weight is 229 g/mol. The van der Waals surface area contributed by atoms with Gasteiger partial charge in [0.1, 0.15) is 11.6 Å². The minimum absolute atomic E-state index is 0.0933. The highest BCUT2D eigenvalue weighted by molar-refractivity contribution is 5.78. The molecule has 0 unspecified atom stereocenters. The van der Waals surface area contributed by atoms with Gasteiger partial charge < -0.3 is 9.84 Å². The molecule has 1 aliphatic rings. The van der Waals surface area contributed by atoms with Crippen molar-refractivity contribution in [3.8, 4) is 0 Å². The summed E-state index contributed by atoms with van der Waals surface area (Å²) in [5, 5.41) is 8.71. The molecular weight excluding hydrogens is 210 g/mol. The van der Waals surface area contributed by atoms with Gasteiger partial charge >= 0.3 is 11.9 Å². The molecule has 1 saturated heterocycles. The molecule has 0 radical (unpaired) electrons. The molecule has 0 bridgehead atoms. The lowest BCUT2D eigenvalue weighted by Crippen LogP contribution is -2.42. The van der Waals surface area contributed by atoms with Gasteiger partial charge in [0.2, 0.25) is 0 Å². The maximum Gasteiger partial charge on any atom is 0.323 e. The van der Waals surface area contributed by atoms with Crippen LogP contribution < -0.4 is 0 Å². The van der Waals surface area contributed by atoms with E-state index in [9.17, 15) is 9.59 Å². The molecule has 5 heteroatoms. The van der Waals surface area contributed by atoms with Crippen LogP contribution in [-0.2, 0) is 14.3 Å². The number of hydrogen-bond acceptors (Lipinski definition) is 4. The van der Waals surface area contributed by atoms with Crippen LogP contribution in [0.25, 0.3) is 0 Å². The molecule has 0 aromatic carbocycles. The average Bonchev–Trinajstić information content (AvgIpc) is 2.47. The zero-order valence-electron chi connectivity index (χ0n) is 10.0. The molecule has 1 atom stereocenters. The molecule has 0 spiro atoms. The Balaban J connectivity index is 2.57. The minimum Gasteiger partial charge on any atom is -0.480 e. The Hall–Kier alpha value is -1.10. The number of aliphatic carboxylic acids is 1. The Bertz CT molecular complexity index is 282. The van der Waals surface area contributed by atoms with Crippen LogP contribution in [0.5, 0.6) is 0 Å². The van der Waals surface area contributed by atoms with Crippen molar-refractivity contribution in [1.82, 2.24) is 4.90 Å². The second kappa shape index (κ2) is 4.82. The number of carbonyl (C=O) groups is 2. The Morgan fingerprint density at radius 3 is 2.56 bits per heavy atom. The Morgan fingerprint density at radius 2 is 2.06 bits per heavy atom. The molecule has 92 valence electrons. The van der Waals surface area contributed by atoms with Crippen LogP contribution in [0, 0.1) is 0 Å². The lowest BCUT2D eigenvalue weighted by Gasteiger charge is -2.26. The molecule has 5 nitrogen and oxygen atoms in total. The summed E-state index contributed by atoms with van der Waals surface area (Å²) in [6.45, 7) is 5.98. The SMILES string of the molecule is CC(C)(C)OC(=O)[C@@H]1CCCN1CC(=O)O. The quantitative estimate of drug-likeness (QED) is 0.727. The van der Waals surface area contributed by atoms with Crippen molar-refractivity contribution in [3.05, 3.63) is 0 Å². The van der Waals surface area contributed by atoms with E-state index in [2.05, 4.69) is 0 Å². The van der Waals surface area contributed by atoms with Gasteiger partial charge in [0, 0.05) is 0 Å². The Labute approximate surface area is 95.4 Å². The summed E-state index contributed by atoms with van der Waals surface area (Å²) in [6.07, 6.45) is 1.53. The van der Waals surface area contributed by atoms with Crippen LogP contribution in [0.4, 0.5) is 0 Å². The highest BCUT2D eigenvalue weighted by Gasteiger charge is 2.34. The summed E-state index contributed by atoms with van der Waals surface area (Å²) < 4.78 is 5.26. The first-order chi connectivity index (χ1) is 7.29. The van der Waals surface area contributed by atoms with Gasteiger partial charge in [-0.3, -0.25) is 14.5 Å². The Kier molecular flexibility index (Phi) is 3.91. The van der Waals surface area contributed by atoms with Gasteiger partial charge in [-0.1, -0.05) is 0 Å². The largest absolute Gasteiger partial charge is 0.480 e. The van der Waals surface area contributed by atoms with E-state index in [1.165, 1.54) is 0 Å². The van der Waals surface area contributed by atoms with Crippen molar-refractivity contribution in [2.24, 2.45) is 0 Å². The third-order valence-electron chi connectivity index (χ3n) is 2.38. The van der Waals surface area contributed by atoms with Crippen LogP contribution in [0.3, 0.4) is 0 Å². The van der Waals surface area contributed by atoms with Crippen molar-refractivity contribution >= 4 is 11.9 Å². The van der Waals surface area contributed by atoms with E-state index in [0.29, 0.717) is 13.0 Å². The smallest absolute Gasteiger partial charge is 0.323 e. The number of hydrogen-bond donors (Lipinski definition) is 1. The van der Waals surface area contributed by atoms with Crippen molar-refractivity contribution in [3.63, 3.8) is 0 Å². The fourth-order valence-electron chi connectivity index (χ4n) is 1.83. The van der Waals surface area contributed by atoms with Gasteiger partial charge in [-0.25, -0.2) is 0 Å². The second-order valence-electron chi connectivity index (χ2n) is 5.06. The summed E-state index contributed by atoms with van der Waals surface area (Å²) in [7, 11) is 0. The number of ether oxygens (including phenoxy) is 1. The minimum atomic E-state index is -0.907. The van der Waals surface area contributed by atoms with Gasteiger partial charge in [-0.05, 0) is 40.2 Å². The summed E-state index contributed by atoms with van der Waals surface area (Å²) in [5.41, 5.74) is -0.519. The highest BCUT2D eigenvalue weighted by atomic mass is 16.6. The number of esters is 1. The summed E-state index contributed by atoms with van der Waals surface area (Å²) in [5.74, 6) is -1.22. The number of rotatable bonds is 3.